The lowest BCUT2D eigenvalue weighted by Gasteiger charge is -2.34. The van der Waals surface area contributed by atoms with Crippen LogP contribution in [0.4, 0.5) is 5.69 Å². The highest BCUT2D eigenvalue weighted by atomic mass is 35.5. The van der Waals surface area contributed by atoms with E-state index < -0.39 is 0 Å². The Balaban J connectivity index is 1.34. The molecule has 0 atom stereocenters. The first kappa shape index (κ1) is 22.1. The molecule has 0 unspecified atom stereocenters. The number of amides is 2. The molecule has 1 aromatic heterocycles. The third-order valence-corrected chi connectivity index (χ3v) is 7.62. The van der Waals surface area contributed by atoms with E-state index in [0.29, 0.717) is 34.0 Å². The Hall–Kier alpha value is -2.12. The molecule has 2 fully saturated rings. The molecule has 0 radical (unpaired) electrons. The summed E-state index contributed by atoms with van der Waals surface area (Å²) in [6, 6.07) is 5.11. The molecule has 166 valence electrons. The average molecular weight is 462 g/mol. The summed E-state index contributed by atoms with van der Waals surface area (Å²) in [5.41, 5.74) is 0.884. The quantitative estimate of drug-likeness (QED) is 0.652. The largest absolute Gasteiger partial charge is 0.497 e. The van der Waals surface area contributed by atoms with Crippen molar-refractivity contribution in [3.05, 3.63) is 39.3 Å². The van der Waals surface area contributed by atoms with Gasteiger partial charge in [0.2, 0.25) is 5.91 Å². The first-order valence-corrected chi connectivity index (χ1v) is 12.2. The van der Waals surface area contributed by atoms with Crippen LogP contribution in [0.3, 0.4) is 0 Å². The van der Waals surface area contributed by atoms with Crippen molar-refractivity contribution in [2.45, 2.75) is 50.9 Å². The number of nitrogens with zero attached hydrogens (tertiary/aromatic N) is 2. The highest BCUT2D eigenvalue weighted by molar-refractivity contribution is 7.10. The molecular weight excluding hydrogens is 434 g/mol. The van der Waals surface area contributed by atoms with Gasteiger partial charge in [-0.15, -0.1) is 11.3 Å². The fraction of sp³-hybridized carbons (Fsp3) is 0.522. The van der Waals surface area contributed by atoms with Crippen LogP contribution in [0.5, 0.6) is 5.75 Å². The molecule has 2 heterocycles. The lowest BCUT2D eigenvalue weighted by Crippen LogP contribution is -2.41. The highest BCUT2D eigenvalue weighted by Crippen LogP contribution is 2.33. The second kappa shape index (κ2) is 10.0. The van der Waals surface area contributed by atoms with Crippen molar-refractivity contribution < 1.29 is 14.3 Å². The topological polar surface area (TPSA) is 71.5 Å². The van der Waals surface area contributed by atoms with Crippen molar-refractivity contribution in [1.82, 2.24) is 9.88 Å². The Morgan fingerprint density at radius 1 is 1.16 bits per heavy atom. The van der Waals surface area contributed by atoms with Gasteiger partial charge in [-0.2, -0.15) is 0 Å². The zero-order valence-electron chi connectivity index (χ0n) is 17.7. The van der Waals surface area contributed by atoms with Gasteiger partial charge < -0.3 is 15.0 Å². The molecule has 1 aliphatic carbocycles. The molecule has 31 heavy (non-hydrogen) atoms. The minimum Gasteiger partial charge on any atom is -0.497 e. The Kier molecular flexibility index (Phi) is 7.13. The third-order valence-electron chi connectivity index (χ3n) is 6.29. The summed E-state index contributed by atoms with van der Waals surface area (Å²) >= 11 is 7.70. The predicted molar refractivity (Wildman–Crippen MR) is 123 cm³/mol. The first-order valence-electron chi connectivity index (χ1n) is 10.9. The molecule has 0 spiro atoms. The number of carbonyl (C=O) groups is 2. The summed E-state index contributed by atoms with van der Waals surface area (Å²) in [6.07, 6.45) is 7.50. The van der Waals surface area contributed by atoms with Gasteiger partial charge in [0, 0.05) is 36.4 Å². The Morgan fingerprint density at radius 2 is 1.90 bits per heavy atom. The number of anilines is 1. The van der Waals surface area contributed by atoms with E-state index in [4.69, 9.17) is 16.3 Å². The molecule has 1 aliphatic heterocycles. The van der Waals surface area contributed by atoms with E-state index in [1.807, 2.05) is 4.90 Å². The summed E-state index contributed by atoms with van der Waals surface area (Å²) in [4.78, 5) is 32.1. The van der Waals surface area contributed by atoms with Gasteiger partial charge in [0.15, 0.2) is 0 Å². The fourth-order valence-electron chi connectivity index (χ4n) is 4.45. The molecule has 0 bridgehead atoms. The molecule has 2 amide bonds. The van der Waals surface area contributed by atoms with E-state index >= 15 is 0 Å². The van der Waals surface area contributed by atoms with Crippen molar-refractivity contribution in [3.8, 4) is 5.75 Å². The van der Waals surface area contributed by atoms with Crippen molar-refractivity contribution in [2.24, 2.45) is 5.92 Å². The summed E-state index contributed by atoms with van der Waals surface area (Å²) in [5.74, 6) is 1.19. The standard InChI is InChI=1S/C23H28ClN3O3S/c1-30-17-7-8-18(24)19(13-17)25-21(28)20-14-31-22(26-20)15-9-11-27(12-10-15)23(29)16-5-3-2-4-6-16/h7-8,13-16H,2-6,9-12H2,1H3,(H,25,28). The number of hydrogen-bond acceptors (Lipinski definition) is 5. The number of carbonyl (C=O) groups excluding carboxylic acids is 2. The van der Waals surface area contributed by atoms with Crippen molar-refractivity contribution >= 4 is 40.4 Å². The summed E-state index contributed by atoms with van der Waals surface area (Å²) in [5, 5.41) is 6.01. The summed E-state index contributed by atoms with van der Waals surface area (Å²) < 4.78 is 5.19. The maximum atomic E-state index is 12.8. The molecule has 1 saturated carbocycles. The van der Waals surface area contributed by atoms with Crippen molar-refractivity contribution in [3.63, 3.8) is 0 Å². The Labute approximate surface area is 191 Å². The van der Waals surface area contributed by atoms with Crippen LogP contribution in [0.1, 0.15) is 66.4 Å². The van der Waals surface area contributed by atoms with Gasteiger partial charge in [0.25, 0.3) is 5.91 Å². The molecule has 1 N–H and O–H groups in total. The van der Waals surface area contributed by atoms with E-state index in [1.54, 1.807) is 30.7 Å². The van der Waals surface area contributed by atoms with Crippen molar-refractivity contribution in [1.29, 1.82) is 0 Å². The maximum absolute atomic E-state index is 12.8. The molecule has 6 nitrogen and oxygen atoms in total. The van der Waals surface area contributed by atoms with Crippen LogP contribution in [0, 0.1) is 5.92 Å². The minimum absolute atomic E-state index is 0.226. The highest BCUT2D eigenvalue weighted by Gasteiger charge is 2.30. The monoisotopic (exact) mass is 461 g/mol. The lowest BCUT2D eigenvalue weighted by molar-refractivity contribution is -0.137. The molecule has 1 aromatic carbocycles. The zero-order chi connectivity index (χ0) is 21.8. The van der Waals surface area contributed by atoms with Gasteiger partial charge in [-0.25, -0.2) is 4.98 Å². The molecular formula is C23H28ClN3O3S. The van der Waals surface area contributed by atoms with Gasteiger partial charge in [-0.1, -0.05) is 30.9 Å². The SMILES string of the molecule is COc1ccc(Cl)c(NC(=O)c2csc(C3CCN(C(=O)C4CCCCC4)CC3)n2)c1. The number of likely N-dealkylation sites (tertiary alicyclic amines) is 1. The molecule has 2 aliphatic rings. The number of ether oxygens (including phenoxy) is 1. The molecule has 2 aromatic rings. The van der Waals surface area contributed by atoms with Crippen LogP contribution < -0.4 is 10.1 Å². The molecule has 4 rings (SSSR count). The smallest absolute Gasteiger partial charge is 0.275 e. The Bertz CT molecular complexity index is 934. The van der Waals surface area contributed by atoms with E-state index in [2.05, 4.69) is 10.3 Å². The fourth-order valence-corrected chi connectivity index (χ4v) is 5.58. The van der Waals surface area contributed by atoms with Crippen LogP contribution in [0.25, 0.3) is 0 Å². The van der Waals surface area contributed by atoms with Crippen LogP contribution in [-0.2, 0) is 4.79 Å². The second-order valence-electron chi connectivity index (χ2n) is 8.31. The number of benzene rings is 1. The molecule has 8 heteroatoms. The number of hydrogen-bond donors (Lipinski definition) is 1. The normalized spacial score (nSPS) is 18.1. The molecule has 1 saturated heterocycles. The predicted octanol–water partition coefficient (Wildman–Crippen LogP) is 5.34. The van der Waals surface area contributed by atoms with E-state index in [1.165, 1.54) is 30.6 Å². The van der Waals surface area contributed by atoms with Crippen LogP contribution in [-0.4, -0.2) is 41.9 Å². The van der Waals surface area contributed by atoms with Gasteiger partial charge in [-0.05, 0) is 37.8 Å². The average Bonchev–Trinajstić information content (AvgIpc) is 3.31. The van der Waals surface area contributed by atoms with Crippen LogP contribution >= 0.6 is 22.9 Å². The Morgan fingerprint density at radius 3 is 2.61 bits per heavy atom. The van der Waals surface area contributed by atoms with Crippen LogP contribution in [0.2, 0.25) is 5.02 Å². The number of thiazole rings is 1. The number of piperidine rings is 1. The van der Waals surface area contributed by atoms with Gasteiger partial charge in [0.1, 0.15) is 11.4 Å². The van der Waals surface area contributed by atoms with Crippen LogP contribution in [0.15, 0.2) is 23.6 Å². The lowest BCUT2D eigenvalue weighted by atomic mass is 9.87. The second-order valence-corrected chi connectivity index (χ2v) is 9.60. The summed E-state index contributed by atoms with van der Waals surface area (Å²) in [7, 11) is 1.57. The number of aromatic nitrogens is 1. The van der Waals surface area contributed by atoms with E-state index in [9.17, 15) is 9.59 Å². The van der Waals surface area contributed by atoms with Gasteiger partial charge in [-0.3, -0.25) is 9.59 Å². The maximum Gasteiger partial charge on any atom is 0.275 e. The first-order chi connectivity index (χ1) is 15.0. The number of halogens is 1. The van der Waals surface area contributed by atoms with Gasteiger partial charge in [0.05, 0.1) is 22.8 Å². The number of nitrogens with one attached hydrogen (secondary N) is 1. The van der Waals surface area contributed by atoms with E-state index in [0.717, 1.165) is 43.8 Å². The number of rotatable bonds is 5. The third kappa shape index (κ3) is 5.21. The number of methoxy groups -OCH3 is 1. The van der Waals surface area contributed by atoms with Crippen molar-refractivity contribution in [2.75, 3.05) is 25.5 Å². The zero-order valence-corrected chi connectivity index (χ0v) is 19.3. The van der Waals surface area contributed by atoms with E-state index in [-0.39, 0.29) is 11.8 Å². The minimum atomic E-state index is -0.289. The van der Waals surface area contributed by atoms with Gasteiger partial charge >= 0.3 is 0 Å². The summed E-state index contributed by atoms with van der Waals surface area (Å²) in [6.45, 7) is 1.56.